The third-order valence-electron chi connectivity index (χ3n) is 4.97. The summed E-state index contributed by atoms with van der Waals surface area (Å²) in [5.41, 5.74) is -1.21. The molecule has 2 aliphatic carbocycles. The molecule has 5 nitrogen and oxygen atoms in total. The number of oxime groups is 1. The highest BCUT2D eigenvalue weighted by Gasteiger charge is 2.64. The molecule has 1 heterocycles. The number of carbonyl (C=O) groups is 1. The first-order chi connectivity index (χ1) is 9.17. The molecule has 0 bridgehead atoms. The predicted octanol–water partition coefficient (Wildman–Crippen LogP) is 2.48. The molecule has 1 atom stereocenters. The number of hydroxylamine groups is 2. The summed E-state index contributed by atoms with van der Waals surface area (Å²) in [6.07, 6.45) is 10.6. The van der Waals surface area contributed by atoms with Gasteiger partial charge in [0.1, 0.15) is 11.3 Å². The standard InChI is InChI=1S/C14H20N2O3/c17-12-13(7-3-1-4-8-13)11(15-18)14(16(12)19)9-5-2-6-10-14/h5,9,18-19H,1-4,6-8,10H2/b15-11+/t14-/m1/s1. The Balaban J connectivity index is 2.11. The molecule has 2 spiro atoms. The second kappa shape index (κ2) is 4.34. The van der Waals surface area contributed by atoms with Crippen LogP contribution in [0.1, 0.15) is 51.4 Å². The molecule has 1 saturated heterocycles. The number of amides is 1. The second-order valence-electron chi connectivity index (χ2n) is 5.93. The van der Waals surface area contributed by atoms with Crippen LogP contribution in [0.3, 0.4) is 0 Å². The number of allylic oxidation sites excluding steroid dienone is 1. The van der Waals surface area contributed by atoms with Crippen molar-refractivity contribution < 1.29 is 15.2 Å². The van der Waals surface area contributed by atoms with E-state index in [4.69, 9.17) is 0 Å². The lowest BCUT2D eigenvalue weighted by Crippen LogP contribution is -2.47. The van der Waals surface area contributed by atoms with Crippen molar-refractivity contribution in [3.8, 4) is 0 Å². The lowest BCUT2D eigenvalue weighted by Gasteiger charge is -2.35. The minimum atomic E-state index is -0.901. The number of rotatable bonds is 0. The van der Waals surface area contributed by atoms with Crippen LogP contribution in [0.2, 0.25) is 0 Å². The molecular weight excluding hydrogens is 244 g/mol. The van der Waals surface area contributed by atoms with Gasteiger partial charge in [-0.3, -0.25) is 10.0 Å². The van der Waals surface area contributed by atoms with Gasteiger partial charge in [0.15, 0.2) is 0 Å². The van der Waals surface area contributed by atoms with Gasteiger partial charge in [0.25, 0.3) is 5.91 Å². The number of carbonyl (C=O) groups excluding carboxylic acids is 1. The molecule has 0 radical (unpaired) electrons. The smallest absolute Gasteiger partial charge is 0.259 e. The maximum absolute atomic E-state index is 12.6. The molecule has 0 aromatic heterocycles. The van der Waals surface area contributed by atoms with Crippen LogP contribution in [0, 0.1) is 5.41 Å². The van der Waals surface area contributed by atoms with Crippen molar-refractivity contribution in [1.29, 1.82) is 0 Å². The SMILES string of the molecule is O=C1N(O)[C@@]2(C=CCCC2)/C(=N/O)C12CCCCC2. The summed E-state index contributed by atoms with van der Waals surface area (Å²) < 4.78 is 0. The predicted molar refractivity (Wildman–Crippen MR) is 69.1 cm³/mol. The molecule has 0 aromatic rings. The van der Waals surface area contributed by atoms with E-state index >= 15 is 0 Å². The molecule has 5 heteroatoms. The first-order valence-electron chi connectivity index (χ1n) is 7.12. The van der Waals surface area contributed by atoms with Crippen LogP contribution in [-0.4, -0.2) is 32.6 Å². The van der Waals surface area contributed by atoms with Gasteiger partial charge in [-0.2, -0.15) is 0 Å². The molecule has 2 N–H and O–H groups in total. The minimum absolute atomic E-state index is 0.286. The maximum Gasteiger partial charge on any atom is 0.259 e. The van der Waals surface area contributed by atoms with Crippen LogP contribution in [0.4, 0.5) is 0 Å². The Morgan fingerprint density at radius 1 is 1.16 bits per heavy atom. The summed E-state index contributed by atoms with van der Waals surface area (Å²) >= 11 is 0. The summed E-state index contributed by atoms with van der Waals surface area (Å²) in [6.45, 7) is 0. The van der Waals surface area contributed by atoms with Gasteiger partial charge in [0, 0.05) is 0 Å². The number of hydrogen-bond acceptors (Lipinski definition) is 4. The zero-order valence-electron chi connectivity index (χ0n) is 11.0. The van der Waals surface area contributed by atoms with Gasteiger partial charge in [0.2, 0.25) is 0 Å². The largest absolute Gasteiger partial charge is 0.411 e. The van der Waals surface area contributed by atoms with Gasteiger partial charge >= 0.3 is 0 Å². The fraction of sp³-hybridized carbons (Fsp3) is 0.714. The van der Waals surface area contributed by atoms with E-state index in [0.29, 0.717) is 25.0 Å². The summed E-state index contributed by atoms with van der Waals surface area (Å²) in [6, 6.07) is 0. The van der Waals surface area contributed by atoms with Crippen molar-refractivity contribution in [2.45, 2.75) is 56.9 Å². The Hall–Kier alpha value is -1.36. The van der Waals surface area contributed by atoms with Gasteiger partial charge in [-0.15, -0.1) is 0 Å². The van der Waals surface area contributed by atoms with E-state index in [9.17, 15) is 15.2 Å². The molecule has 3 aliphatic rings. The van der Waals surface area contributed by atoms with E-state index in [1.807, 2.05) is 12.2 Å². The minimum Gasteiger partial charge on any atom is -0.411 e. The molecule has 0 aromatic carbocycles. The molecule has 19 heavy (non-hydrogen) atoms. The maximum atomic E-state index is 12.6. The lowest BCUT2D eigenvalue weighted by atomic mass is 9.67. The number of hydrogen-bond donors (Lipinski definition) is 2. The van der Waals surface area contributed by atoms with Crippen molar-refractivity contribution in [3.05, 3.63) is 12.2 Å². The molecular formula is C14H20N2O3. The molecule has 1 saturated carbocycles. The van der Waals surface area contributed by atoms with Gasteiger partial charge < -0.3 is 5.21 Å². The van der Waals surface area contributed by atoms with Gasteiger partial charge in [0.05, 0.1) is 5.41 Å². The molecule has 1 aliphatic heterocycles. The summed E-state index contributed by atoms with van der Waals surface area (Å²) in [7, 11) is 0. The van der Waals surface area contributed by atoms with Gasteiger partial charge in [-0.25, -0.2) is 5.06 Å². The summed E-state index contributed by atoms with van der Waals surface area (Å²) in [5, 5.41) is 24.2. The Labute approximate surface area is 112 Å². The van der Waals surface area contributed by atoms with Crippen LogP contribution in [0.25, 0.3) is 0 Å². The molecule has 3 rings (SSSR count). The van der Waals surface area contributed by atoms with Crippen molar-refractivity contribution >= 4 is 11.6 Å². The molecule has 104 valence electrons. The topological polar surface area (TPSA) is 73.1 Å². The molecule has 0 unspecified atom stereocenters. The summed E-state index contributed by atoms with van der Waals surface area (Å²) in [4.78, 5) is 12.6. The van der Waals surface area contributed by atoms with Crippen molar-refractivity contribution in [2.75, 3.05) is 0 Å². The third kappa shape index (κ3) is 1.51. The van der Waals surface area contributed by atoms with E-state index < -0.39 is 11.0 Å². The highest BCUT2D eigenvalue weighted by atomic mass is 16.5. The molecule has 2 fully saturated rings. The molecule has 1 amide bonds. The Morgan fingerprint density at radius 2 is 1.89 bits per heavy atom. The van der Waals surface area contributed by atoms with Crippen LogP contribution in [-0.2, 0) is 4.79 Å². The second-order valence-corrected chi connectivity index (χ2v) is 5.93. The van der Waals surface area contributed by atoms with Gasteiger partial charge in [-0.1, -0.05) is 36.6 Å². The zero-order chi connectivity index (χ0) is 13.5. The van der Waals surface area contributed by atoms with Crippen molar-refractivity contribution in [2.24, 2.45) is 10.6 Å². The Kier molecular flexibility index (Phi) is 2.89. The highest BCUT2D eigenvalue weighted by molar-refractivity contribution is 6.19. The number of nitrogens with zero attached hydrogens (tertiary/aromatic N) is 2. The quantitative estimate of drug-likeness (QED) is 0.305. The Bertz CT molecular complexity index is 452. The first-order valence-corrected chi connectivity index (χ1v) is 7.12. The third-order valence-corrected chi connectivity index (χ3v) is 4.97. The van der Waals surface area contributed by atoms with Crippen LogP contribution < -0.4 is 0 Å². The lowest BCUT2D eigenvalue weighted by molar-refractivity contribution is -0.179. The monoisotopic (exact) mass is 264 g/mol. The average Bonchev–Trinajstić information content (AvgIpc) is 2.61. The normalized spacial score (nSPS) is 35.7. The Morgan fingerprint density at radius 3 is 2.47 bits per heavy atom. The van der Waals surface area contributed by atoms with Crippen LogP contribution in [0.5, 0.6) is 0 Å². The average molecular weight is 264 g/mol. The van der Waals surface area contributed by atoms with E-state index in [1.54, 1.807) is 0 Å². The van der Waals surface area contributed by atoms with Crippen molar-refractivity contribution in [1.82, 2.24) is 5.06 Å². The fourth-order valence-corrected chi connectivity index (χ4v) is 4.01. The van der Waals surface area contributed by atoms with Crippen LogP contribution in [0.15, 0.2) is 17.3 Å². The first kappa shape index (κ1) is 12.7. The van der Waals surface area contributed by atoms with E-state index in [2.05, 4.69) is 5.16 Å². The van der Waals surface area contributed by atoms with Crippen molar-refractivity contribution in [3.63, 3.8) is 0 Å². The zero-order valence-corrected chi connectivity index (χ0v) is 11.0. The summed E-state index contributed by atoms with van der Waals surface area (Å²) in [5.74, 6) is -0.286. The van der Waals surface area contributed by atoms with E-state index in [1.165, 1.54) is 0 Å². The van der Waals surface area contributed by atoms with Gasteiger partial charge in [-0.05, 0) is 32.1 Å². The van der Waals surface area contributed by atoms with E-state index in [-0.39, 0.29) is 5.91 Å². The highest BCUT2D eigenvalue weighted by Crippen LogP contribution is 2.51. The van der Waals surface area contributed by atoms with Crippen LogP contribution >= 0.6 is 0 Å². The fourth-order valence-electron chi connectivity index (χ4n) is 4.01. The van der Waals surface area contributed by atoms with E-state index in [0.717, 1.165) is 37.2 Å².